The highest BCUT2D eigenvalue weighted by Crippen LogP contribution is 2.18. The molecule has 2 aromatic rings. The molecule has 0 bridgehead atoms. The number of pyridine rings is 1. The number of carbonyl (C=O) groups is 2. The fraction of sp³-hybridized carbons (Fsp3) is 0.348. The number of benzene rings is 1. The summed E-state index contributed by atoms with van der Waals surface area (Å²) in [6.45, 7) is 7.65. The van der Waals surface area contributed by atoms with Crippen LogP contribution in [0.1, 0.15) is 31.9 Å². The maximum Gasteiger partial charge on any atom is 0.244 e. The van der Waals surface area contributed by atoms with Crippen LogP contribution in [0.2, 0.25) is 0 Å². The van der Waals surface area contributed by atoms with Crippen LogP contribution >= 0.6 is 0 Å². The van der Waals surface area contributed by atoms with E-state index in [9.17, 15) is 9.59 Å². The normalized spacial score (nSPS) is 19.0. The van der Waals surface area contributed by atoms with Crippen molar-refractivity contribution in [2.45, 2.75) is 39.5 Å². The van der Waals surface area contributed by atoms with E-state index in [1.165, 1.54) is 13.0 Å². The molecule has 2 N–H and O–H groups in total. The van der Waals surface area contributed by atoms with Crippen molar-refractivity contribution >= 4 is 29.4 Å². The van der Waals surface area contributed by atoms with Gasteiger partial charge in [0.1, 0.15) is 5.82 Å². The van der Waals surface area contributed by atoms with E-state index in [1.807, 2.05) is 24.3 Å². The maximum absolute atomic E-state index is 12.1. The molecule has 0 aliphatic carbocycles. The number of morpholine rings is 1. The minimum Gasteiger partial charge on any atom is -0.372 e. The first-order valence-corrected chi connectivity index (χ1v) is 10.1. The number of hydrogen-bond acceptors (Lipinski definition) is 5. The van der Waals surface area contributed by atoms with Gasteiger partial charge in [-0.05, 0) is 49.2 Å². The van der Waals surface area contributed by atoms with Gasteiger partial charge in [0.05, 0.1) is 12.2 Å². The summed E-state index contributed by atoms with van der Waals surface area (Å²) in [6, 6.07) is 11.2. The third kappa shape index (κ3) is 6.42. The number of aromatic nitrogens is 1. The van der Waals surface area contributed by atoms with E-state index in [2.05, 4.69) is 34.4 Å². The molecule has 0 saturated carbocycles. The third-order valence-corrected chi connectivity index (χ3v) is 4.68. The first-order valence-electron chi connectivity index (χ1n) is 10.1. The zero-order chi connectivity index (χ0) is 21.5. The van der Waals surface area contributed by atoms with Gasteiger partial charge in [0.15, 0.2) is 0 Å². The highest BCUT2D eigenvalue weighted by Gasteiger charge is 2.22. The summed E-state index contributed by atoms with van der Waals surface area (Å²) in [5, 5.41) is 5.57. The van der Waals surface area contributed by atoms with Crippen LogP contribution in [0.25, 0.3) is 6.08 Å². The lowest BCUT2D eigenvalue weighted by Crippen LogP contribution is -2.45. The number of rotatable bonds is 6. The molecule has 7 heteroatoms. The number of hydrogen-bond donors (Lipinski definition) is 2. The Morgan fingerprint density at radius 2 is 1.83 bits per heavy atom. The largest absolute Gasteiger partial charge is 0.372 e. The van der Waals surface area contributed by atoms with Gasteiger partial charge >= 0.3 is 0 Å². The molecule has 1 aromatic carbocycles. The summed E-state index contributed by atoms with van der Waals surface area (Å²) in [5.74, 6) is 0.629. The van der Waals surface area contributed by atoms with Crippen molar-refractivity contribution < 1.29 is 14.3 Å². The van der Waals surface area contributed by atoms with Crippen LogP contribution in [0.3, 0.4) is 0 Å². The fourth-order valence-electron chi connectivity index (χ4n) is 3.37. The zero-order valence-corrected chi connectivity index (χ0v) is 17.6. The van der Waals surface area contributed by atoms with E-state index in [-0.39, 0.29) is 24.0 Å². The van der Waals surface area contributed by atoms with Crippen molar-refractivity contribution in [3.05, 3.63) is 59.8 Å². The topological polar surface area (TPSA) is 83.6 Å². The molecular weight excluding hydrogens is 380 g/mol. The van der Waals surface area contributed by atoms with Crippen molar-refractivity contribution in [1.29, 1.82) is 0 Å². The summed E-state index contributed by atoms with van der Waals surface area (Å²) in [5.41, 5.74) is 2.54. The average Bonchev–Trinajstić information content (AvgIpc) is 2.71. The van der Waals surface area contributed by atoms with Crippen LogP contribution in [0.15, 0.2) is 48.7 Å². The van der Waals surface area contributed by atoms with Gasteiger partial charge in [-0.25, -0.2) is 4.98 Å². The second-order valence-electron chi connectivity index (χ2n) is 7.54. The van der Waals surface area contributed by atoms with Crippen LogP contribution in [0, 0.1) is 0 Å². The van der Waals surface area contributed by atoms with Gasteiger partial charge in [-0.3, -0.25) is 9.59 Å². The Hall–Kier alpha value is -3.19. The SMILES string of the molecule is CC(=O)Nc1ccc(/C=C/C(=O)NCc2ccc(N3CC(C)OC(C)C3)nc2)cc1. The Morgan fingerprint density at radius 3 is 2.43 bits per heavy atom. The molecule has 3 rings (SSSR count). The van der Waals surface area contributed by atoms with E-state index in [4.69, 9.17) is 4.74 Å². The number of carbonyl (C=O) groups excluding carboxylic acids is 2. The Bertz CT molecular complexity index is 884. The molecule has 7 nitrogen and oxygen atoms in total. The molecule has 1 aromatic heterocycles. The minimum absolute atomic E-state index is 0.116. The Labute approximate surface area is 177 Å². The second kappa shape index (κ2) is 10.0. The van der Waals surface area contributed by atoms with Crippen molar-refractivity contribution in [1.82, 2.24) is 10.3 Å². The lowest BCUT2D eigenvalue weighted by molar-refractivity contribution is -0.116. The van der Waals surface area contributed by atoms with Crippen molar-refractivity contribution in [3.8, 4) is 0 Å². The fourth-order valence-corrected chi connectivity index (χ4v) is 3.37. The minimum atomic E-state index is -0.180. The summed E-state index contributed by atoms with van der Waals surface area (Å²) >= 11 is 0. The highest BCUT2D eigenvalue weighted by molar-refractivity contribution is 5.92. The van der Waals surface area contributed by atoms with Gasteiger partial charge in [-0.1, -0.05) is 18.2 Å². The number of nitrogens with zero attached hydrogens (tertiary/aromatic N) is 2. The number of nitrogens with one attached hydrogen (secondary N) is 2. The van der Waals surface area contributed by atoms with E-state index in [0.717, 1.165) is 35.7 Å². The second-order valence-corrected chi connectivity index (χ2v) is 7.54. The number of ether oxygens (including phenoxy) is 1. The lowest BCUT2D eigenvalue weighted by Gasteiger charge is -2.36. The summed E-state index contributed by atoms with van der Waals surface area (Å²) in [4.78, 5) is 29.9. The maximum atomic E-state index is 12.1. The van der Waals surface area contributed by atoms with E-state index in [1.54, 1.807) is 24.4 Å². The zero-order valence-electron chi connectivity index (χ0n) is 17.6. The molecule has 1 fully saturated rings. The molecule has 158 valence electrons. The quantitative estimate of drug-likeness (QED) is 0.718. The molecule has 2 unspecified atom stereocenters. The van der Waals surface area contributed by atoms with Crippen LogP contribution in [0.4, 0.5) is 11.5 Å². The molecule has 2 atom stereocenters. The first kappa shape index (κ1) is 21.5. The van der Waals surface area contributed by atoms with Crippen LogP contribution in [-0.2, 0) is 20.9 Å². The Kier molecular flexibility index (Phi) is 7.19. The molecule has 2 heterocycles. The Balaban J connectivity index is 1.48. The number of amides is 2. The molecule has 1 aliphatic heterocycles. The molecule has 0 radical (unpaired) electrons. The average molecular weight is 409 g/mol. The molecule has 0 spiro atoms. The smallest absolute Gasteiger partial charge is 0.244 e. The van der Waals surface area contributed by atoms with Crippen LogP contribution < -0.4 is 15.5 Å². The van der Waals surface area contributed by atoms with Crippen molar-refractivity contribution in [2.75, 3.05) is 23.3 Å². The molecule has 1 aliphatic rings. The van der Waals surface area contributed by atoms with E-state index in [0.29, 0.717) is 6.54 Å². The number of anilines is 2. The van der Waals surface area contributed by atoms with Crippen molar-refractivity contribution in [3.63, 3.8) is 0 Å². The predicted molar refractivity (Wildman–Crippen MR) is 118 cm³/mol. The monoisotopic (exact) mass is 408 g/mol. The standard InChI is InChI=1S/C23H28N4O3/c1-16-14-27(15-17(2)30-16)22-10-6-20(12-24-22)13-25-23(29)11-7-19-4-8-21(9-5-19)26-18(3)28/h4-12,16-17H,13-15H2,1-3H3,(H,25,29)(H,26,28)/b11-7+. The highest BCUT2D eigenvalue weighted by atomic mass is 16.5. The van der Waals surface area contributed by atoms with Gasteiger partial charge in [0.25, 0.3) is 0 Å². The molecule has 2 amide bonds. The first-order chi connectivity index (χ1) is 14.4. The molecule has 30 heavy (non-hydrogen) atoms. The Morgan fingerprint density at radius 1 is 1.13 bits per heavy atom. The van der Waals surface area contributed by atoms with Gasteiger partial charge in [0, 0.05) is 44.5 Å². The van der Waals surface area contributed by atoms with Gasteiger partial charge < -0.3 is 20.3 Å². The van der Waals surface area contributed by atoms with Crippen LogP contribution in [-0.4, -0.2) is 42.1 Å². The van der Waals surface area contributed by atoms with E-state index < -0.39 is 0 Å². The lowest BCUT2D eigenvalue weighted by atomic mass is 10.2. The molecule has 1 saturated heterocycles. The summed E-state index contributed by atoms with van der Waals surface area (Å²) < 4.78 is 5.76. The predicted octanol–water partition coefficient (Wildman–Crippen LogP) is 2.98. The van der Waals surface area contributed by atoms with Gasteiger partial charge in [-0.15, -0.1) is 0 Å². The summed E-state index contributed by atoms with van der Waals surface area (Å²) in [6.07, 6.45) is 5.39. The molecular formula is C23H28N4O3. The van der Waals surface area contributed by atoms with Gasteiger partial charge in [0.2, 0.25) is 11.8 Å². The van der Waals surface area contributed by atoms with Crippen molar-refractivity contribution in [2.24, 2.45) is 0 Å². The van der Waals surface area contributed by atoms with Crippen LogP contribution in [0.5, 0.6) is 0 Å². The third-order valence-electron chi connectivity index (χ3n) is 4.68. The van der Waals surface area contributed by atoms with Gasteiger partial charge in [-0.2, -0.15) is 0 Å². The summed E-state index contributed by atoms with van der Waals surface area (Å²) in [7, 11) is 0. The van der Waals surface area contributed by atoms with E-state index >= 15 is 0 Å².